The number of pyridine rings is 1. The summed E-state index contributed by atoms with van der Waals surface area (Å²) in [5.41, 5.74) is 2.44. The molecule has 158 valence electrons. The predicted molar refractivity (Wildman–Crippen MR) is 122 cm³/mol. The molecule has 3 aromatic heterocycles. The number of hydrogen-bond donors (Lipinski definition) is 1. The molecule has 1 saturated carbocycles. The summed E-state index contributed by atoms with van der Waals surface area (Å²) >= 11 is 0. The highest BCUT2D eigenvalue weighted by Crippen LogP contribution is 2.38. The molecular formula is C24H26N6O. The zero-order valence-corrected chi connectivity index (χ0v) is 17.8. The molecule has 1 aromatic carbocycles. The highest BCUT2D eigenvalue weighted by Gasteiger charge is 2.30. The Kier molecular flexibility index (Phi) is 5.02. The number of nitrogens with one attached hydrogen (secondary N) is 1. The van der Waals surface area contributed by atoms with E-state index in [0.29, 0.717) is 23.4 Å². The van der Waals surface area contributed by atoms with Gasteiger partial charge >= 0.3 is 0 Å². The SMILES string of the molecule is CC1CCCC(n2c(=O)ccc3cnc(N(c4ccccc4)c4cn[nH]c4)nc32)C1C. The third-order valence-corrected chi connectivity index (χ3v) is 6.61. The van der Waals surface area contributed by atoms with Crippen molar-refractivity contribution in [3.05, 3.63) is 71.4 Å². The van der Waals surface area contributed by atoms with Gasteiger partial charge in [0.25, 0.3) is 5.56 Å². The van der Waals surface area contributed by atoms with E-state index < -0.39 is 0 Å². The number of aromatic amines is 1. The van der Waals surface area contributed by atoms with E-state index in [2.05, 4.69) is 29.0 Å². The van der Waals surface area contributed by atoms with E-state index in [-0.39, 0.29) is 11.6 Å². The van der Waals surface area contributed by atoms with Crippen LogP contribution in [0.2, 0.25) is 0 Å². The third kappa shape index (κ3) is 3.50. The molecule has 0 radical (unpaired) electrons. The van der Waals surface area contributed by atoms with E-state index in [4.69, 9.17) is 4.98 Å². The first kappa shape index (κ1) is 19.5. The molecule has 31 heavy (non-hydrogen) atoms. The Morgan fingerprint density at radius 2 is 1.87 bits per heavy atom. The fraction of sp³-hybridized carbons (Fsp3) is 0.333. The number of fused-ring (bicyclic) bond motifs is 1. The highest BCUT2D eigenvalue weighted by atomic mass is 16.1. The van der Waals surface area contributed by atoms with E-state index in [1.165, 1.54) is 6.42 Å². The van der Waals surface area contributed by atoms with Gasteiger partial charge in [0.2, 0.25) is 5.95 Å². The van der Waals surface area contributed by atoms with Crippen molar-refractivity contribution in [2.75, 3.05) is 4.90 Å². The maximum Gasteiger partial charge on any atom is 0.252 e. The molecule has 1 aliphatic carbocycles. The number of para-hydroxylation sites is 1. The molecule has 3 heterocycles. The van der Waals surface area contributed by atoms with Crippen LogP contribution in [0.4, 0.5) is 17.3 Å². The molecule has 0 spiro atoms. The number of rotatable bonds is 4. The highest BCUT2D eigenvalue weighted by molar-refractivity contribution is 5.78. The Morgan fingerprint density at radius 1 is 1.03 bits per heavy atom. The standard InChI is InChI=1S/C24H26N6O/c1-16-7-6-10-21(17(16)2)30-22(31)12-11-18-13-25-24(28-23(18)30)29(20-14-26-27-15-20)19-8-4-3-5-9-19/h3-5,8-9,11-17,21H,6-7,10H2,1-2H3,(H,26,27). The van der Waals surface area contributed by atoms with Gasteiger partial charge in [-0.1, -0.05) is 44.9 Å². The Hall–Kier alpha value is -3.48. The molecule has 0 bridgehead atoms. The van der Waals surface area contributed by atoms with Crippen molar-refractivity contribution >= 4 is 28.4 Å². The molecule has 1 fully saturated rings. The second kappa shape index (κ2) is 7.98. The summed E-state index contributed by atoms with van der Waals surface area (Å²) in [6.07, 6.45) is 8.68. The lowest BCUT2D eigenvalue weighted by molar-refractivity contribution is 0.186. The molecule has 0 amide bonds. The van der Waals surface area contributed by atoms with E-state index in [9.17, 15) is 4.79 Å². The number of anilines is 3. The van der Waals surface area contributed by atoms with Crippen molar-refractivity contribution in [3.63, 3.8) is 0 Å². The third-order valence-electron chi connectivity index (χ3n) is 6.61. The van der Waals surface area contributed by atoms with Gasteiger partial charge < -0.3 is 0 Å². The average Bonchev–Trinajstić information content (AvgIpc) is 3.31. The van der Waals surface area contributed by atoms with E-state index >= 15 is 0 Å². The Labute approximate surface area is 180 Å². The fourth-order valence-electron chi connectivity index (χ4n) is 4.70. The predicted octanol–water partition coefficient (Wildman–Crippen LogP) is 4.98. The monoisotopic (exact) mass is 414 g/mol. The van der Waals surface area contributed by atoms with Crippen LogP contribution in [0.5, 0.6) is 0 Å². The van der Waals surface area contributed by atoms with E-state index in [1.807, 2.05) is 52.1 Å². The summed E-state index contributed by atoms with van der Waals surface area (Å²) in [6.45, 7) is 4.53. The Morgan fingerprint density at radius 3 is 2.65 bits per heavy atom. The van der Waals surface area contributed by atoms with Crippen LogP contribution < -0.4 is 10.5 Å². The number of nitrogens with zero attached hydrogens (tertiary/aromatic N) is 5. The molecule has 0 aliphatic heterocycles. The molecule has 7 heteroatoms. The van der Waals surface area contributed by atoms with Crippen LogP contribution in [0.15, 0.2) is 65.8 Å². The van der Waals surface area contributed by atoms with Gasteiger partial charge in [0, 0.05) is 35.6 Å². The van der Waals surface area contributed by atoms with Gasteiger partial charge in [0.1, 0.15) is 5.65 Å². The summed E-state index contributed by atoms with van der Waals surface area (Å²) in [7, 11) is 0. The first-order valence-corrected chi connectivity index (χ1v) is 10.9. The molecular weight excluding hydrogens is 388 g/mol. The second-order valence-electron chi connectivity index (χ2n) is 8.45. The smallest absolute Gasteiger partial charge is 0.252 e. The minimum absolute atomic E-state index is 0.00216. The molecule has 1 N–H and O–H groups in total. The van der Waals surface area contributed by atoms with Crippen molar-refractivity contribution < 1.29 is 0 Å². The number of benzene rings is 1. The summed E-state index contributed by atoms with van der Waals surface area (Å²) < 4.78 is 1.90. The Balaban J connectivity index is 1.70. The van der Waals surface area contributed by atoms with Crippen LogP contribution in [0.3, 0.4) is 0 Å². The van der Waals surface area contributed by atoms with E-state index in [1.54, 1.807) is 18.5 Å². The van der Waals surface area contributed by atoms with Crippen molar-refractivity contribution in [1.29, 1.82) is 0 Å². The first-order valence-electron chi connectivity index (χ1n) is 10.9. The van der Waals surface area contributed by atoms with Crippen molar-refractivity contribution in [2.45, 2.75) is 39.2 Å². The molecule has 4 aromatic rings. The van der Waals surface area contributed by atoms with Crippen LogP contribution in [0.25, 0.3) is 11.0 Å². The summed E-state index contributed by atoms with van der Waals surface area (Å²) in [6, 6.07) is 13.5. The summed E-state index contributed by atoms with van der Waals surface area (Å²) in [4.78, 5) is 24.6. The topological polar surface area (TPSA) is 79.7 Å². The summed E-state index contributed by atoms with van der Waals surface area (Å²) in [5, 5.41) is 7.84. The zero-order chi connectivity index (χ0) is 21.4. The average molecular weight is 415 g/mol. The molecule has 0 saturated heterocycles. The number of hydrogen-bond acceptors (Lipinski definition) is 5. The van der Waals surface area contributed by atoms with Crippen molar-refractivity contribution in [3.8, 4) is 0 Å². The van der Waals surface area contributed by atoms with Crippen LogP contribution in [-0.4, -0.2) is 24.7 Å². The van der Waals surface area contributed by atoms with Crippen LogP contribution >= 0.6 is 0 Å². The van der Waals surface area contributed by atoms with Crippen molar-refractivity contribution in [1.82, 2.24) is 24.7 Å². The van der Waals surface area contributed by atoms with Gasteiger partial charge in [-0.25, -0.2) is 4.98 Å². The minimum atomic E-state index is -0.00216. The lowest BCUT2D eigenvalue weighted by Gasteiger charge is -2.35. The molecule has 3 atom stereocenters. The molecule has 1 aliphatic rings. The normalized spacial score (nSPS) is 21.3. The lowest BCUT2D eigenvalue weighted by atomic mass is 9.78. The quantitative estimate of drug-likeness (QED) is 0.509. The maximum absolute atomic E-state index is 13.0. The van der Waals surface area contributed by atoms with Crippen LogP contribution in [0.1, 0.15) is 39.2 Å². The van der Waals surface area contributed by atoms with Gasteiger partial charge in [-0.2, -0.15) is 10.1 Å². The molecule has 5 rings (SSSR count). The number of aromatic nitrogens is 5. The van der Waals surface area contributed by atoms with E-state index in [0.717, 1.165) is 29.6 Å². The molecule has 7 nitrogen and oxygen atoms in total. The Bertz CT molecular complexity index is 1230. The van der Waals surface area contributed by atoms with Gasteiger partial charge in [-0.05, 0) is 36.5 Å². The second-order valence-corrected chi connectivity index (χ2v) is 8.45. The zero-order valence-electron chi connectivity index (χ0n) is 17.8. The van der Waals surface area contributed by atoms with Crippen molar-refractivity contribution in [2.24, 2.45) is 11.8 Å². The van der Waals surface area contributed by atoms with Gasteiger partial charge in [0.05, 0.1) is 11.9 Å². The fourth-order valence-corrected chi connectivity index (χ4v) is 4.70. The summed E-state index contributed by atoms with van der Waals surface area (Å²) in [5.74, 6) is 1.50. The first-order chi connectivity index (χ1) is 15.1. The largest absolute Gasteiger partial charge is 0.289 e. The lowest BCUT2D eigenvalue weighted by Crippen LogP contribution is -2.34. The minimum Gasteiger partial charge on any atom is -0.289 e. The van der Waals surface area contributed by atoms with Gasteiger partial charge in [-0.15, -0.1) is 0 Å². The van der Waals surface area contributed by atoms with Gasteiger partial charge in [-0.3, -0.25) is 19.4 Å². The van der Waals surface area contributed by atoms with Gasteiger partial charge in [0.15, 0.2) is 0 Å². The molecule has 3 unspecified atom stereocenters. The maximum atomic E-state index is 13.0. The van der Waals surface area contributed by atoms with Crippen LogP contribution in [-0.2, 0) is 0 Å². The van der Waals surface area contributed by atoms with Crippen LogP contribution in [0, 0.1) is 11.8 Å². The number of H-pyrrole nitrogens is 1.